The Morgan fingerprint density at radius 3 is 2.46 bits per heavy atom. The van der Waals surface area contributed by atoms with Crippen molar-refractivity contribution in [2.75, 3.05) is 13.1 Å². The molecule has 2 heterocycles. The van der Waals surface area contributed by atoms with Gasteiger partial charge in [0.15, 0.2) is 10.8 Å². The summed E-state index contributed by atoms with van der Waals surface area (Å²) < 4.78 is 27.0. The van der Waals surface area contributed by atoms with Crippen molar-refractivity contribution in [3.8, 4) is 0 Å². The summed E-state index contributed by atoms with van der Waals surface area (Å²) in [4.78, 5) is 42.9. The van der Waals surface area contributed by atoms with Gasteiger partial charge < -0.3 is 10.6 Å². The molecular weight excluding hydrogens is 468 g/mol. The lowest BCUT2D eigenvalue weighted by atomic mass is 9.83. The molecule has 1 saturated heterocycles. The van der Waals surface area contributed by atoms with Crippen molar-refractivity contribution in [2.24, 2.45) is 11.8 Å². The molecule has 192 valence electrons. The standard InChI is InChI=1S/C25H36N4O5S/c30-22-17-29(35(33,34)23-13-4-5-14-26-23)15-7-12-20(22)27-25(32)21(16-18-8-2-1-3-9-18)28-24(31)19-10-6-11-19/h4-5,13-14,18-21H,1-3,6-12,15-17H2,(H,27,32)(H,28,31)/t20?,21-/m0/s1. The van der Waals surface area contributed by atoms with E-state index in [0.717, 1.165) is 49.3 Å². The molecule has 1 aromatic rings. The highest BCUT2D eigenvalue weighted by Crippen LogP contribution is 2.29. The van der Waals surface area contributed by atoms with Crippen LogP contribution in [-0.4, -0.2) is 60.5 Å². The minimum Gasteiger partial charge on any atom is -0.344 e. The van der Waals surface area contributed by atoms with E-state index < -0.39 is 22.1 Å². The summed E-state index contributed by atoms with van der Waals surface area (Å²) in [5.74, 6) is -0.418. The summed E-state index contributed by atoms with van der Waals surface area (Å²) >= 11 is 0. The predicted octanol–water partition coefficient (Wildman–Crippen LogP) is 2.18. The molecule has 1 aromatic heterocycles. The Bertz CT molecular complexity index is 1010. The van der Waals surface area contributed by atoms with E-state index in [9.17, 15) is 22.8 Å². The van der Waals surface area contributed by atoms with Crippen LogP contribution in [0.1, 0.15) is 70.6 Å². The zero-order valence-corrected chi connectivity index (χ0v) is 21.0. The summed E-state index contributed by atoms with van der Waals surface area (Å²) in [5, 5.41) is 5.72. The molecule has 2 atom stereocenters. The van der Waals surface area contributed by atoms with Crippen molar-refractivity contribution in [1.29, 1.82) is 0 Å². The molecule has 10 heteroatoms. The van der Waals surface area contributed by atoms with Crippen LogP contribution in [-0.2, 0) is 24.4 Å². The fourth-order valence-corrected chi connectivity index (χ4v) is 6.58. The van der Waals surface area contributed by atoms with Gasteiger partial charge in [-0.15, -0.1) is 0 Å². The number of sulfonamides is 1. The molecule has 2 amide bonds. The van der Waals surface area contributed by atoms with Crippen LogP contribution in [0.3, 0.4) is 0 Å². The Labute approximate surface area is 207 Å². The fraction of sp³-hybridized carbons (Fsp3) is 0.680. The molecule has 3 aliphatic rings. The van der Waals surface area contributed by atoms with Gasteiger partial charge in [-0.05, 0) is 50.2 Å². The Morgan fingerprint density at radius 1 is 1.03 bits per heavy atom. The molecule has 0 bridgehead atoms. The minimum atomic E-state index is -3.90. The van der Waals surface area contributed by atoms with Crippen LogP contribution < -0.4 is 10.6 Å². The maximum atomic E-state index is 13.3. The number of hydrogen-bond acceptors (Lipinski definition) is 6. The van der Waals surface area contributed by atoms with Crippen LogP contribution in [0.15, 0.2) is 29.4 Å². The first-order chi connectivity index (χ1) is 16.8. The third-order valence-corrected chi connectivity index (χ3v) is 9.34. The molecule has 4 rings (SSSR count). The van der Waals surface area contributed by atoms with Crippen molar-refractivity contribution >= 4 is 27.6 Å². The van der Waals surface area contributed by atoms with Gasteiger partial charge in [-0.25, -0.2) is 13.4 Å². The molecule has 0 radical (unpaired) electrons. The van der Waals surface area contributed by atoms with Crippen LogP contribution in [0.2, 0.25) is 0 Å². The lowest BCUT2D eigenvalue weighted by Gasteiger charge is -2.30. The summed E-state index contributed by atoms with van der Waals surface area (Å²) in [6, 6.07) is 3.18. The average molecular weight is 505 g/mol. The number of pyridine rings is 1. The quantitative estimate of drug-likeness (QED) is 0.559. The molecule has 2 aliphatic carbocycles. The Hall–Kier alpha value is -2.33. The number of hydrogen-bond donors (Lipinski definition) is 2. The second-order valence-corrected chi connectivity index (χ2v) is 12.0. The molecule has 3 fully saturated rings. The van der Waals surface area contributed by atoms with E-state index in [0.29, 0.717) is 25.2 Å². The summed E-state index contributed by atoms with van der Waals surface area (Å²) in [5.41, 5.74) is 0. The Kier molecular flexibility index (Phi) is 8.54. The summed E-state index contributed by atoms with van der Waals surface area (Å²) in [6.45, 7) is -0.132. The maximum Gasteiger partial charge on any atom is 0.260 e. The van der Waals surface area contributed by atoms with Crippen molar-refractivity contribution in [3.63, 3.8) is 0 Å². The zero-order valence-electron chi connectivity index (χ0n) is 20.2. The second kappa shape index (κ2) is 11.6. The number of rotatable bonds is 8. The third-order valence-electron chi connectivity index (χ3n) is 7.58. The largest absolute Gasteiger partial charge is 0.344 e. The molecule has 9 nitrogen and oxygen atoms in total. The highest BCUT2D eigenvalue weighted by Gasteiger charge is 2.36. The van der Waals surface area contributed by atoms with E-state index in [1.165, 1.54) is 18.7 Å². The molecule has 0 spiro atoms. The van der Waals surface area contributed by atoms with Gasteiger partial charge in [0.05, 0.1) is 12.6 Å². The van der Waals surface area contributed by atoms with E-state index in [2.05, 4.69) is 15.6 Å². The average Bonchev–Trinajstić information content (AvgIpc) is 3.00. The van der Waals surface area contributed by atoms with Gasteiger partial charge in [-0.1, -0.05) is 44.6 Å². The molecule has 35 heavy (non-hydrogen) atoms. The van der Waals surface area contributed by atoms with Crippen LogP contribution in [0.4, 0.5) is 0 Å². The lowest BCUT2D eigenvalue weighted by Crippen LogP contribution is -2.54. The minimum absolute atomic E-state index is 0.0264. The van der Waals surface area contributed by atoms with Gasteiger partial charge in [-0.3, -0.25) is 14.4 Å². The fourth-order valence-electron chi connectivity index (χ4n) is 5.21. The number of ketones is 1. The SMILES string of the molecule is O=C(N[C@@H](CC1CCCCC1)C(=O)NC1CCCN(S(=O)(=O)c2ccccn2)CC1=O)C1CCC1. The Morgan fingerprint density at radius 2 is 1.80 bits per heavy atom. The summed E-state index contributed by atoms with van der Waals surface area (Å²) in [7, 11) is -3.90. The predicted molar refractivity (Wildman–Crippen MR) is 130 cm³/mol. The second-order valence-electron chi connectivity index (χ2n) is 10.1. The highest BCUT2D eigenvalue weighted by atomic mass is 32.2. The van der Waals surface area contributed by atoms with E-state index in [1.54, 1.807) is 12.1 Å². The number of aromatic nitrogens is 1. The van der Waals surface area contributed by atoms with Crippen LogP contribution in [0.25, 0.3) is 0 Å². The first kappa shape index (κ1) is 25.8. The van der Waals surface area contributed by atoms with Gasteiger partial charge in [0.1, 0.15) is 6.04 Å². The van der Waals surface area contributed by atoms with Crippen molar-refractivity contribution < 1.29 is 22.8 Å². The number of carbonyl (C=O) groups is 3. The smallest absolute Gasteiger partial charge is 0.260 e. The number of nitrogens with zero attached hydrogens (tertiary/aromatic N) is 2. The van der Waals surface area contributed by atoms with Crippen molar-refractivity contribution in [2.45, 2.75) is 87.7 Å². The number of Topliss-reactive ketones (excluding diaryl/α,β-unsaturated/α-hetero) is 1. The number of nitrogens with one attached hydrogen (secondary N) is 2. The van der Waals surface area contributed by atoms with Gasteiger partial charge in [0, 0.05) is 18.7 Å². The van der Waals surface area contributed by atoms with E-state index >= 15 is 0 Å². The van der Waals surface area contributed by atoms with Crippen molar-refractivity contribution in [3.05, 3.63) is 24.4 Å². The monoisotopic (exact) mass is 504 g/mol. The molecule has 0 aromatic carbocycles. The lowest BCUT2D eigenvalue weighted by molar-refractivity contribution is -0.134. The first-order valence-corrected chi connectivity index (χ1v) is 14.3. The summed E-state index contributed by atoms with van der Waals surface area (Å²) in [6.07, 6.45) is 11.1. The highest BCUT2D eigenvalue weighted by molar-refractivity contribution is 7.89. The van der Waals surface area contributed by atoms with E-state index in [4.69, 9.17) is 0 Å². The van der Waals surface area contributed by atoms with E-state index in [1.807, 2.05) is 0 Å². The van der Waals surface area contributed by atoms with Crippen molar-refractivity contribution in [1.82, 2.24) is 19.9 Å². The number of carbonyl (C=O) groups excluding carboxylic acids is 3. The molecular formula is C25H36N4O5S. The normalized spacial score (nSPS) is 23.7. The molecule has 1 aliphatic heterocycles. The first-order valence-electron chi connectivity index (χ1n) is 12.9. The molecule has 2 saturated carbocycles. The van der Waals surface area contributed by atoms with E-state index in [-0.39, 0.29) is 41.6 Å². The number of amides is 2. The van der Waals surface area contributed by atoms with Crippen LogP contribution in [0, 0.1) is 11.8 Å². The molecule has 2 N–H and O–H groups in total. The maximum absolute atomic E-state index is 13.3. The Balaban J connectivity index is 1.41. The zero-order chi connectivity index (χ0) is 24.8. The van der Waals surface area contributed by atoms with Crippen LogP contribution >= 0.6 is 0 Å². The van der Waals surface area contributed by atoms with Gasteiger partial charge in [-0.2, -0.15) is 4.31 Å². The van der Waals surface area contributed by atoms with Gasteiger partial charge >= 0.3 is 0 Å². The van der Waals surface area contributed by atoms with Gasteiger partial charge in [0.2, 0.25) is 11.8 Å². The van der Waals surface area contributed by atoms with Crippen LogP contribution in [0.5, 0.6) is 0 Å². The topological polar surface area (TPSA) is 126 Å². The molecule has 1 unspecified atom stereocenters. The third kappa shape index (κ3) is 6.46. The van der Waals surface area contributed by atoms with Gasteiger partial charge in [0.25, 0.3) is 10.0 Å².